The molecule has 1 aromatic carbocycles. The van der Waals surface area contributed by atoms with Crippen molar-refractivity contribution in [1.29, 1.82) is 0 Å². The van der Waals surface area contributed by atoms with Gasteiger partial charge in [-0.2, -0.15) is 0 Å². The van der Waals surface area contributed by atoms with Crippen molar-refractivity contribution in [1.82, 2.24) is 19.8 Å². The van der Waals surface area contributed by atoms with Gasteiger partial charge in [0.1, 0.15) is 0 Å². The highest BCUT2D eigenvalue weighted by Crippen LogP contribution is 2.31. The van der Waals surface area contributed by atoms with E-state index in [1.54, 1.807) is 30.3 Å². The minimum Gasteiger partial charge on any atom is -0.493 e. The van der Waals surface area contributed by atoms with Crippen LogP contribution < -0.4 is 9.47 Å². The summed E-state index contributed by atoms with van der Waals surface area (Å²) in [5, 5.41) is 0. The van der Waals surface area contributed by atoms with E-state index in [-0.39, 0.29) is 24.5 Å². The Labute approximate surface area is 182 Å². The summed E-state index contributed by atoms with van der Waals surface area (Å²) in [4.78, 5) is 38.3. The molecule has 0 saturated carbocycles. The highest BCUT2D eigenvalue weighted by atomic mass is 16.5. The fourth-order valence-corrected chi connectivity index (χ4v) is 4.24. The first kappa shape index (κ1) is 21.1. The van der Waals surface area contributed by atoms with E-state index in [1.165, 1.54) is 0 Å². The number of amides is 2. The molecular formula is C23H28N4O4. The molecule has 2 fully saturated rings. The molecule has 2 saturated heterocycles. The van der Waals surface area contributed by atoms with Gasteiger partial charge in [-0.05, 0) is 44.7 Å². The molecule has 2 aromatic rings. The normalized spacial score (nSPS) is 18.3. The van der Waals surface area contributed by atoms with Gasteiger partial charge in [0.25, 0.3) is 11.8 Å². The highest BCUT2D eigenvalue weighted by molar-refractivity contribution is 5.95. The maximum absolute atomic E-state index is 12.9. The van der Waals surface area contributed by atoms with E-state index in [4.69, 9.17) is 9.47 Å². The number of rotatable bonds is 6. The third-order valence-corrected chi connectivity index (χ3v) is 5.91. The molecule has 0 N–H and O–H groups in total. The number of likely N-dealkylation sites (tertiary alicyclic amines) is 2. The van der Waals surface area contributed by atoms with Gasteiger partial charge in [0.05, 0.1) is 24.4 Å². The molecule has 0 bridgehead atoms. The van der Waals surface area contributed by atoms with Crippen molar-refractivity contribution in [3.8, 4) is 11.5 Å². The van der Waals surface area contributed by atoms with Gasteiger partial charge in [-0.3, -0.25) is 9.59 Å². The van der Waals surface area contributed by atoms with Crippen LogP contribution in [0.2, 0.25) is 0 Å². The zero-order chi connectivity index (χ0) is 21.8. The molecule has 1 atom stereocenters. The molecule has 2 aliphatic rings. The minimum atomic E-state index is -0.205. The molecule has 3 heterocycles. The minimum absolute atomic E-state index is 0.00823. The first-order valence-corrected chi connectivity index (χ1v) is 10.8. The van der Waals surface area contributed by atoms with Crippen molar-refractivity contribution in [3.05, 3.63) is 47.5 Å². The van der Waals surface area contributed by atoms with Crippen LogP contribution in [0.15, 0.2) is 30.5 Å². The molecule has 8 heteroatoms. The van der Waals surface area contributed by atoms with Crippen molar-refractivity contribution >= 4 is 11.8 Å². The summed E-state index contributed by atoms with van der Waals surface area (Å²) < 4.78 is 11.0. The monoisotopic (exact) mass is 424 g/mol. The standard InChI is InChI=1S/C23H28N4O4/c1-16-17(23(29)26-11-5-6-12-26)14-24-22(25-16)18-8-7-13-27(18)21(28)15-31-20-10-4-3-9-19(20)30-2/h3-4,9-10,14,18H,5-8,11-13,15H2,1-2H3/t18-/m1/s1. The Morgan fingerprint density at radius 1 is 1.10 bits per heavy atom. The van der Waals surface area contributed by atoms with Gasteiger partial charge in [0, 0.05) is 25.8 Å². The summed E-state index contributed by atoms with van der Waals surface area (Å²) in [6, 6.07) is 7.05. The second-order valence-electron chi connectivity index (χ2n) is 7.91. The van der Waals surface area contributed by atoms with Crippen LogP contribution in [0.4, 0.5) is 0 Å². The van der Waals surface area contributed by atoms with Crippen molar-refractivity contribution in [2.24, 2.45) is 0 Å². The molecule has 1 aromatic heterocycles. The molecule has 2 aliphatic heterocycles. The molecule has 2 amide bonds. The van der Waals surface area contributed by atoms with Crippen LogP contribution in [-0.4, -0.2) is 64.9 Å². The Bertz CT molecular complexity index is 958. The number of carbonyl (C=O) groups excluding carboxylic acids is 2. The lowest BCUT2D eigenvalue weighted by Crippen LogP contribution is -2.35. The Balaban J connectivity index is 1.44. The first-order chi connectivity index (χ1) is 15.1. The fraction of sp³-hybridized carbons (Fsp3) is 0.478. The van der Waals surface area contributed by atoms with Crippen LogP contribution in [-0.2, 0) is 4.79 Å². The van der Waals surface area contributed by atoms with Gasteiger partial charge in [-0.25, -0.2) is 9.97 Å². The summed E-state index contributed by atoms with van der Waals surface area (Å²) in [6.07, 6.45) is 5.37. The zero-order valence-corrected chi connectivity index (χ0v) is 18.0. The summed E-state index contributed by atoms with van der Waals surface area (Å²) in [7, 11) is 1.57. The van der Waals surface area contributed by atoms with E-state index in [1.807, 2.05) is 24.0 Å². The Kier molecular flexibility index (Phi) is 6.34. The molecule has 0 unspecified atom stereocenters. The molecule has 164 valence electrons. The third-order valence-electron chi connectivity index (χ3n) is 5.91. The first-order valence-electron chi connectivity index (χ1n) is 10.8. The van der Waals surface area contributed by atoms with Crippen molar-refractivity contribution in [2.75, 3.05) is 33.4 Å². The number of carbonyl (C=O) groups is 2. The van der Waals surface area contributed by atoms with Crippen LogP contribution in [0.3, 0.4) is 0 Å². The predicted molar refractivity (Wildman–Crippen MR) is 114 cm³/mol. The van der Waals surface area contributed by atoms with Gasteiger partial charge >= 0.3 is 0 Å². The molecule has 0 spiro atoms. The average molecular weight is 425 g/mol. The predicted octanol–water partition coefficient (Wildman–Crippen LogP) is 2.77. The SMILES string of the molecule is COc1ccccc1OCC(=O)N1CCC[C@@H]1c1ncc(C(=O)N2CCCC2)c(C)n1. The van der Waals surface area contributed by atoms with Crippen molar-refractivity contribution < 1.29 is 19.1 Å². The van der Waals surface area contributed by atoms with Gasteiger partial charge in [-0.1, -0.05) is 12.1 Å². The van der Waals surface area contributed by atoms with E-state index < -0.39 is 0 Å². The molecule has 8 nitrogen and oxygen atoms in total. The Hall–Kier alpha value is -3.16. The molecular weight excluding hydrogens is 396 g/mol. The van der Waals surface area contributed by atoms with Crippen LogP contribution in [0, 0.1) is 6.92 Å². The van der Waals surface area contributed by atoms with Crippen molar-refractivity contribution in [3.63, 3.8) is 0 Å². The van der Waals surface area contributed by atoms with Gasteiger partial charge in [0.2, 0.25) is 0 Å². The average Bonchev–Trinajstić information content (AvgIpc) is 3.49. The van der Waals surface area contributed by atoms with E-state index in [2.05, 4.69) is 9.97 Å². The molecule has 0 radical (unpaired) electrons. The lowest BCUT2D eigenvalue weighted by molar-refractivity contribution is -0.134. The molecule has 4 rings (SSSR count). The van der Waals surface area contributed by atoms with E-state index in [9.17, 15) is 9.59 Å². The number of hydrogen-bond donors (Lipinski definition) is 0. The lowest BCUT2D eigenvalue weighted by atomic mass is 10.1. The second kappa shape index (κ2) is 9.32. The number of ether oxygens (including phenoxy) is 2. The van der Waals surface area contributed by atoms with Crippen LogP contribution in [0.5, 0.6) is 11.5 Å². The molecule has 31 heavy (non-hydrogen) atoms. The quantitative estimate of drug-likeness (QED) is 0.709. The number of methoxy groups -OCH3 is 1. The maximum atomic E-state index is 12.9. The van der Waals surface area contributed by atoms with Gasteiger partial charge < -0.3 is 19.3 Å². The van der Waals surface area contributed by atoms with Crippen LogP contribution >= 0.6 is 0 Å². The van der Waals surface area contributed by atoms with E-state index in [0.29, 0.717) is 35.1 Å². The van der Waals surface area contributed by atoms with Crippen LogP contribution in [0.1, 0.15) is 53.6 Å². The van der Waals surface area contributed by atoms with Gasteiger partial charge in [-0.15, -0.1) is 0 Å². The smallest absolute Gasteiger partial charge is 0.261 e. The highest BCUT2D eigenvalue weighted by Gasteiger charge is 2.33. The fourth-order valence-electron chi connectivity index (χ4n) is 4.24. The number of benzene rings is 1. The maximum Gasteiger partial charge on any atom is 0.261 e. The van der Waals surface area contributed by atoms with Gasteiger partial charge in [0.15, 0.2) is 23.9 Å². The molecule has 0 aliphatic carbocycles. The van der Waals surface area contributed by atoms with E-state index >= 15 is 0 Å². The summed E-state index contributed by atoms with van der Waals surface area (Å²) >= 11 is 0. The largest absolute Gasteiger partial charge is 0.493 e. The summed E-state index contributed by atoms with van der Waals surface area (Å²) in [5.74, 6) is 1.58. The third kappa shape index (κ3) is 4.47. The Morgan fingerprint density at radius 2 is 1.84 bits per heavy atom. The number of para-hydroxylation sites is 2. The number of aromatic nitrogens is 2. The number of aryl methyl sites for hydroxylation is 1. The van der Waals surface area contributed by atoms with Crippen molar-refractivity contribution in [2.45, 2.75) is 38.6 Å². The van der Waals surface area contributed by atoms with Crippen LogP contribution in [0.25, 0.3) is 0 Å². The summed E-state index contributed by atoms with van der Waals surface area (Å²) in [6.45, 7) is 3.96. The van der Waals surface area contributed by atoms with E-state index in [0.717, 1.165) is 38.8 Å². The zero-order valence-electron chi connectivity index (χ0n) is 18.0. The topological polar surface area (TPSA) is 84.9 Å². The summed E-state index contributed by atoms with van der Waals surface area (Å²) in [5.41, 5.74) is 1.20. The lowest BCUT2D eigenvalue weighted by Gasteiger charge is -2.24. The Morgan fingerprint density at radius 3 is 2.55 bits per heavy atom. The second-order valence-corrected chi connectivity index (χ2v) is 7.91. The number of nitrogens with zero attached hydrogens (tertiary/aromatic N) is 4. The number of hydrogen-bond acceptors (Lipinski definition) is 6.